The summed E-state index contributed by atoms with van der Waals surface area (Å²) in [5.74, 6) is 1.06. The Morgan fingerprint density at radius 1 is 0.947 bits per heavy atom. The van der Waals surface area contributed by atoms with Gasteiger partial charge in [0, 0.05) is 0 Å². The number of hydrogen-bond acceptors (Lipinski definition) is 2. The molecule has 1 unspecified atom stereocenters. The molecule has 2 aromatic carbocycles. The number of methoxy groups -OCH3 is 1. The van der Waals surface area contributed by atoms with Crippen LogP contribution < -0.4 is 4.74 Å². The Balaban J connectivity index is 2.31. The van der Waals surface area contributed by atoms with Gasteiger partial charge in [0.1, 0.15) is 5.75 Å². The molecule has 0 saturated carbocycles. The van der Waals surface area contributed by atoms with Crippen LogP contribution in [0.3, 0.4) is 0 Å². The average Bonchev–Trinajstić information content (AvgIpc) is 2.46. The van der Waals surface area contributed by atoms with Gasteiger partial charge in [0.05, 0.1) is 13.2 Å². The Kier molecular flexibility index (Phi) is 4.23. The van der Waals surface area contributed by atoms with Crippen LogP contribution in [0.4, 0.5) is 0 Å². The first-order valence-corrected chi connectivity index (χ1v) is 6.54. The normalized spacial score (nSPS) is 12.5. The molecule has 0 aromatic heterocycles. The first kappa shape index (κ1) is 13.6. The van der Waals surface area contributed by atoms with E-state index in [1.165, 1.54) is 0 Å². The Morgan fingerprint density at radius 2 is 1.63 bits per heavy atom. The molecule has 0 spiro atoms. The minimum Gasteiger partial charge on any atom is -0.497 e. The van der Waals surface area contributed by atoms with E-state index in [0.29, 0.717) is 0 Å². The Hall–Kier alpha value is -1.80. The number of aliphatic hydroxyl groups is 1. The van der Waals surface area contributed by atoms with Gasteiger partial charge >= 0.3 is 0 Å². The van der Waals surface area contributed by atoms with Crippen LogP contribution in [0.15, 0.2) is 48.5 Å². The van der Waals surface area contributed by atoms with Gasteiger partial charge < -0.3 is 9.84 Å². The minimum absolute atomic E-state index is 0.214. The molecular formula is C17H20O2. The van der Waals surface area contributed by atoms with Crippen molar-refractivity contribution < 1.29 is 9.84 Å². The number of aliphatic hydroxyl groups excluding tert-OH is 1. The van der Waals surface area contributed by atoms with Crippen molar-refractivity contribution in [3.8, 4) is 16.9 Å². The first-order valence-electron chi connectivity index (χ1n) is 6.54. The lowest BCUT2D eigenvalue weighted by atomic mass is 9.95. The lowest BCUT2D eigenvalue weighted by Gasteiger charge is -2.15. The van der Waals surface area contributed by atoms with E-state index in [2.05, 4.69) is 6.07 Å². The largest absolute Gasteiger partial charge is 0.497 e. The van der Waals surface area contributed by atoms with E-state index < -0.39 is 6.10 Å². The summed E-state index contributed by atoms with van der Waals surface area (Å²) in [5.41, 5.74) is 3.20. The van der Waals surface area contributed by atoms with Gasteiger partial charge in [0.25, 0.3) is 0 Å². The molecule has 1 atom stereocenters. The zero-order chi connectivity index (χ0) is 13.8. The highest BCUT2D eigenvalue weighted by atomic mass is 16.5. The van der Waals surface area contributed by atoms with E-state index in [-0.39, 0.29) is 5.92 Å². The SMILES string of the molecule is COc1ccc(-c2cccc(C(O)C(C)C)c2)cc1. The number of benzene rings is 2. The van der Waals surface area contributed by atoms with Gasteiger partial charge in [-0.25, -0.2) is 0 Å². The van der Waals surface area contributed by atoms with Crippen LogP contribution in [0, 0.1) is 5.92 Å². The molecule has 0 aliphatic heterocycles. The van der Waals surface area contributed by atoms with Crippen LogP contribution in [0.1, 0.15) is 25.5 Å². The molecule has 0 fully saturated rings. The van der Waals surface area contributed by atoms with Gasteiger partial charge in [-0.1, -0.05) is 44.2 Å². The van der Waals surface area contributed by atoms with Crippen molar-refractivity contribution in [2.45, 2.75) is 20.0 Å². The summed E-state index contributed by atoms with van der Waals surface area (Å²) in [6, 6.07) is 16.0. The van der Waals surface area contributed by atoms with Crippen LogP contribution in [0.25, 0.3) is 11.1 Å². The zero-order valence-corrected chi connectivity index (χ0v) is 11.6. The summed E-state index contributed by atoms with van der Waals surface area (Å²) >= 11 is 0. The summed E-state index contributed by atoms with van der Waals surface area (Å²) in [6.45, 7) is 4.04. The summed E-state index contributed by atoms with van der Waals surface area (Å²) < 4.78 is 5.16. The molecular weight excluding hydrogens is 236 g/mol. The van der Waals surface area contributed by atoms with Crippen LogP contribution in [0.5, 0.6) is 5.75 Å². The van der Waals surface area contributed by atoms with Crippen molar-refractivity contribution in [2.24, 2.45) is 5.92 Å². The second kappa shape index (κ2) is 5.89. The fourth-order valence-electron chi connectivity index (χ4n) is 2.07. The van der Waals surface area contributed by atoms with Crippen LogP contribution in [-0.2, 0) is 0 Å². The molecule has 2 nitrogen and oxygen atoms in total. The van der Waals surface area contributed by atoms with E-state index in [1.54, 1.807) is 7.11 Å². The van der Waals surface area contributed by atoms with Gasteiger partial charge in [-0.2, -0.15) is 0 Å². The molecule has 2 rings (SSSR count). The molecule has 2 aromatic rings. The van der Waals surface area contributed by atoms with Crippen molar-refractivity contribution in [1.82, 2.24) is 0 Å². The molecule has 0 bridgehead atoms. The van der Waals surface area contributed by atoms with Gasteiger partial charge in [-0.15, -0.1) is 0 Å². The van der Waals surface area contributed by atoms with Crippen molar-refractivity contribution in [3.05, 3.63) is 54.1 Å². The molecule has 0 aliphatic carbocycles. The Bertz CT molecular complexity index is 529. The van der Waals surface area contributed by atoms with E-state index in [4.69, 9.17) is 4.74 Å². The molecule has 0 aliphatic rings. The third-order valence-corrected chi connectivity index (χ3v) is 3.28. The minimum atomic E-state index is -0.418. The van der Waals surface area contributed by atoms with Gasteiger partial charge in [-0.3, -0.25) is 0 Å². The summed E-state index contributed by atoms with van der Waals surface area (Å²) in [7, 11) is 1.66. The van der Waals surface area contributed by atoms with E-state index in [0.717, 1.165) is 22.4 Å². The van der Waals surface area contributed by atoms with Crippen LogP contribution in [0.2, 0.25) is 0 Å². The van der Waals surface area contributed by atoms with Crippen molar-refractivity contribution >= 4 is 0 Å². The fraction of sp³-hybridized carbons (Fsp3) is 0.294. The first-order chi connectivity index (χ1) is 9.11. The molecule has 1 N–H and O–H groups in total. The second-order valence-corrected chi connectivity index (χ2v) is 5.04. The number of rotatable bonds is 4. The monoisotopic (exact) mass is 256 g/mol. The third-order valence-electron chi connectivity index (χ3n) is 3.28. The summed E-state index contributed by atoms with van der Waals surface area (Å²) in [4.78, 5) is 0. The molecule has 0 saturated heterocycles. The maximum Gasteiger partial charge on any atom is 0.118 e. The smallest absolute Gasteiger partial charge is 0.118 e. The molecule has 0 radical (unpaired) electrons. The van der Waals surface area contributed by atoms with Gasteiger partial charge in [-0.05, 0) is 40.8 Å². The molecule has 100 valence electrons. The van der Waals surface area contributed by atoms with Crippen molar-refractivity contribution in [2.75, 3.05) is 7.11 Å². The topological polar surface area (TPSA) is 29.5 Å². The lowest BCUT2D eigenvalue weighted by molar-refractivity contribution is 0.127. The predicted octanol–water partition coefficient (Wildman–Crippen LogP) is 4.05. The van der Waals surface area contributed by atoms with E-state index in [9.17, 15) is 5.11 Å². The van der Waals surface area contributed by atoms with Gasteiger partial charge in [0.15, 0.2) is 0 Å². The zero-order valence-electron chi connectivity index (χ0n) is 11.6. The quantitative estimate of drug-likeness (QED) is 0.894. The third kappa shape index (κ3) is 3.15. The summed E-state index contributed by atoms with van der Waals surface area (Å²) in [5, 5.41) is 10.1. The molecule has 2 heteroatoms. The van der Waals surface area contributed by atoms with E-state index in [1.807, 2.05) is 56.3 Å². The van der Waals surface area contributed by atoms with Gasteiger partial charge in [0.2, 0.25) is 0 Å². The average molecular weight is 256 g/mol. The maximum absolute atomic E-state index is 10.1. The van der Waals surface area contributed by atoms with Crippen molar-refractivity contribution in [3.63, 3.8) is 0 Å². The number of hydrogen-bond donors (Lipinski definition) is 1. The predicted molar refractivity (Wildman–Crippen MR) is 78.2 cm³/mol. The molecule has 19 heavy (non-hydrogen) atoms. The second-order valence-electron chi connectivity index (χ2n) is 5.04. The standard InChI is InChI=1S/C17H20O2/c1-12(2)17(18)15-6-4-5-14(11-15)13-7-9-16(19-3)10-8-13/h4-12,17-18H,1-3H3. The van der Waals surface area contributed by atoms with E-state index >= 15 is 0 Å². The molecule has 0 amide bonds. The van der Waals surface area contributed by atoms with Crippen LogP contribution >= 0.6 is 0 Å². The van der Waals surface area contributed by atoms with Crippen LogP contribution in [-0.4, -0.2) is 12.2 Å². The Morgan fingerprint density at radius 3 is 2.21 bits per heavy atom. The highest BCUT2D eigenvalue weighted by Gasteiger charge is 2.12. The summed E-state index contributed by atoms with van der Waals surface area (Å²) in [6.07, 6.45) is -0.418. The fourth-order valence-corrected chi connectivity index (χ4v) is 2.07. The number of ether oxygens (including phenoxy) is 1. The highest BCUT2D eigenvalue weighted by molar-refractivity contribution is 5.65. The Labute approximate surface area is 114 Å². The lowest BCUT2D eigenvalue weighted by Crippen LogP contribution is -2.05. The molecule has 0 heterocycles. The maximum atomic E-state index is 10.1. The highest BCUT2D eigenvalue weighted by Crippen LogP contribution is 2.27. The van der Waals surface area contributed by atoms with Crippen molar-refractivity contribution in [1.29, 1.82) is 0 Å².